The number of ether oxygens (including phenoxy) is 1. The van der Waals surface area contributed by atoms with Crippen LogP contribution in [0.25, 0.3) is 0 Å². The van der Waals surface area contributed by atoms with Crippen molar-refractivity contribution in [2.45, 2.75) is 45.1 Å². The Morgan fingerprint density at radius 3 is 2.50 bits per heavy atom. The minimum atomic E-state index is -0.0520. The lowest BCUT2D eigenvalue weighted by molar-refractivity contribution is -0.141. The van der Waals surface area contributed by atoms with Gasteiger partial charge in [-0.05, 0) is 23.5 Å². The molecular weight excluding hydrogens is 200 g/mol. The van der Waals surface area contributed by atoms with Crippen LogP contribution in [-0.4, -0.2) is 12.1 Å². The van der Waals surface area contributed by atoms with Gasteiger partial charge >= 0.3 is 5.97 Å². The molecule has 0 spiro atoms. The van der Waals surface area contributed by atoms with E-state index in [4.69, 9.17) is 4.74 Å². The van der Waals surface area contributed by atoms with Crippen molar-refractivity contribution in [1.82, 2.24) is 0 Å². The first-order valence-corrected chi connectivity index (χ1v) is 5.93. The summed E-state index contributed by atoms with van der Waals surface area (Å²) in [4.78, 5) is 11.0. The number of cyclic esters (lactones) is 1. The highest BCUT2D eigenvalue weighted by molar-refractivity contribution is 5.71. The molecule has 2 heteroatoms. The lowest BCUT2D eigenvalue weighted by Crippen LogP contribution is -2.10. The van der Waals surface area contributed by atoms with Crippen molar-refractivity contribution in [2.24, 2.45) is 0 Å². The third-order valence-electron chi connectivity index (χ3n) is 3.08. The molecule has 0 aliphatic carbocycles. The lowest BCUT2D eigenvalue weighted by Gasteiger charge is -2.10. The first-order valence-electron chi connectivity index (χ1n) is 5.93. The minimum absolute atomic E-state index is 0.0520. The monoisotopic (exact) mass is 218 g/mol. The molecule has 1 saturated heterocycles. The summed E-state index contributed by atoms with van der Waals surface area (Å²) in [7, 11) is 0. The van der Waals surface area contributed by atoms with Crippen molar-refractivity contribution >= 4 is 5.97 Å². The molecule has 1 fully saturated rings. The van der Waals surface area contributed by atoms with Crippen molar-refractivity contribution in [1.29, 1.82) is 0 Å². The molecule has 86 valence electrons. The van der Waals surface area contributed by atoms with Crippen molar-refractivity contribution in [3.05, 3.63) is 35.4 Å². The molecule has 0 amide bonds. The molecular formula is C14H18O2. The summed E-state index contributed by atoms with van der Waals surface area (Å²) in [6.45, 7) is 4.38. The Kier molecular flexibility index (Phi) is 3.28. The summed E-state index contributed by atoms with van der Waals surface area (Å²) in [5.74, 6) is 0.516. The zero-order valence-electron chi connectivity index (χ0n) is 9.90. The second kappa shape index (κ2) is 4.69. The minimum Gasteiger partial charge on any atom is -0.462 e. The second-order valence-corrected chi connectivity index (χ2v) is 4.75. The fraction of sp³-hybridized carbons (Fsp3) is 0.500. The van der Waals surface area contributed by atoms with Gasteiger partial charge in [0.25, 0.3) is 0 Å². The van der Waals surface area contributed by atoms with Crippen LogP contribution in [0, 0.1) is 0 Å². The SMILES string of the molecule is CC(C)c1ccc(CC2CCC(=O)O2)cc1. The predicted molar refractivity (Wildman–Crippen MR) is 63.3 cm³/mol. The largest absolute Gasteiger partial charge is 0.462 e. The summed E-state index contributed by atoms with van der Waals surface area (Å²) < 4.78 is 5.20. The van der Waals surface area contributed by atoms with Crippen LogP contribution in [0.1, 0.15) is 43.7 Å². The molecule has 0 N–H and O–H groups in total. The van der Waals surface area contributed by atoms with Crippen molar-refractivity contribution in [3.8, 4) is 0 Å². The lowest BCUT2D eigenvalue weighted by atomic mass is 9.99. The molecule has 0 aromatic heterocycles. The quantitative estimate of drug-likeness (QED) is 0.729. The van der Waals surface area contributed by atoms with Gasteiger partial charge in [-0.1, -0.05) is 38.1 Å². The smallest absolute Gasteiger partial charge is 0.306 e. The maximum absolute atomic E-state index is 11.0. The van der Waals surface area contributed by atoms with Crippen LogP contribution in [-0.2, 0) is 16.0 Å². The Morgan fingerprint density at radius 2 is 2.00 bits per heavy atom. The maximum atomic E-state index is 11.0. The van der Waals surface area contributed by atoms with E-state index in [-0.39, 0.29) is 12.1 Å². The van der Waals surface area contributed by atoms with Gasteiger partial charge in [0.05, 0.1) is 0 Å². The molecule has 1 unspecified atom stereocenters. The van der Waals surface area contributed by atoms with E-state index < -0.39 is 0 Å². The number of carbonyl (C=O) groups is 1. The standard InChI is InChI=1S/C14H18O2/c1-10(2)12-5-3-11(4-6-12)9-13-7-8-14(15)16-13/h3-6,10,13H,7-9H2,1-2H3. The highest BCUT2D eigenvalue weighted by Crippen LogP contribution is 2.20. The number of esters is 1. The molecule has 1 heterocycles. The molecule has 2 rings (SSSR count). The predicted octanol–water partition coefficient (Wildman–Crippen LogP) is 3.06. The van der Waals surface area contributed by atoms with E-state index in [0.717, 1.165) is 12.8 Å². The van der Waals surface area contributed by atoms with E-state index >= 15 is 0 Å². The highest BCUT2D eigenvalue weighted by atomic mass is 16.5. The van der Waals surface area contributed by atoms with Crippen LogP contribution in [0.4, 0.5) is 0 Å². The number of hydrogen-bond acceptors (Lipinski definition) is 2. The zero-order valence-corrected chi connectivity index (χ0v) is 9.90. The van der Waals surface area contributed by atoms with Gasteiger partial charge in [-0.15, -0.1) is 0 Å². The van der Waals surface area contributed by atoms with Crippen molar-refractivity contribution in [2.75, 3.05) is 0 Å². The first-order chi connectivity index (χ1) is 7.65. The second-order valence-electron chi connectivity index (χ2n) is 4.75. The Labute approximate surface area is 96.6 Å². The van der Waals surface area contributed by atoms with Crippen LogP contribution in [0.15, 0.2) is 24.3 Å². The maximum Gasteiger partial charge on any atom is 0.306 e. The summed E-state index contributed by atoms with van der Waals surface area (Å²) in [5, 5.41) is 0. The van der Waals surface area contributed by atoms with E-state index in [1.54, 1.807) is 0 Å². The average Bonchev–Trinajstić information content (AvgIpc) is 2.65. The van der Waals surface area contributed by atoms with E-state index in [0.29, 0.717) is 12.3 Å². The fourth-order valence-electron chi connectivity index (χ4n) is 2.03. The Balaban J connectivity index is 1.97. The van der Waals surface area contributed by atoms with Gasteiger partial charge < -0.3 is 4.74 Å². The molecule has 0 saturated carbocycles. The van der Waals surface area contributed by atoms with Gasteiger partial charge in [-0.2, -0.15) is 0 Å². The molecule has 1 aromatic carbocycles. The topological polar surface area (TPSA) is 26.3 Å². The van der Waals surface area contributed by atoms with Crippen LogP contribution >= 0.6 is 0 Å². The van der Waals surface area contributed by atoms with Gasteiger partial charge in [0.1, 0.15) is 6.10 Å². The summed E-state index contributed by atoms with van der Waals surface area (Å²) in [6, 6.07) is 8.61. The van der Waals surface area contributed by atoms with Gasteiger partial charge in [-0.3, -0.25) is 4.79 Å². The van der Waals surface area contributed by atoms with Crippen molar-refractivity contribution < 1.29 is 9.53 Å². The van der Waals surface area contributed by atoms with E-state index in [9.17, 15) is 4.79 Å². The first kappa shape index (κ1) is 11.2. The Bertz CT molecular complexity index is 365. The van der Waals surface area contributed by atoms with Crippen LogP contribution in [0.2, 0.25) is 0 Å². The van der Waals surface area contributed by atoms with Gasteiger partial charge in [0, 0.05) is 12.8 Å². The Hall–Kier alpha value is -1.31. The number of hydrogen-bond donors (Lipinski definition) is 0. The van der Waals surface area contributed by atoms with Crippen LogP contribution < -0.4 is 0 Å². The number of rotatable bonds is 3. The van der Waals surface area contributed by atoms with E-state index in [2.05, 4.69) is 38.1 Å². The molecule has 0 bridgehead atoms. The molecule has 0 radical (unpaired) electrons. The Morgan fingerprint density at radius 1 is 1.31 bits per heavy atom. The summed E-state index contributed by atoms with van der Waals surface area (Å²) in [6.07, 6.45) is 2.39. The number of carbonyl (C=O) groups excluding carboxylic acids is 1. The fourth-order valence-corrected chi connectivity index (χ4v) is 2.03. The molecule has 1 atom stereocenters. The molecule has 1 aliphatic heterocycles. The van der Waals surface area contributed by atoms with Crippen LogP contribution in [0.3, 0.4) is 0 Å². The summed E-state index contributed by atoms with van der Waals surface area (Å²) in [5.41, 5.74) is 2.61. The highest BCUT2D eigenvalue weighted by Gasteiger charge is 2.23. The molecule has 1 aliphatic rings. The van der Waals surface area contributed by atoms with Crippen LogP contribution in [0.5, 0.6) is 0 Å². The molecule has 1 aromatic rings. The molecule has 2 nitrogen and oxygen atoms in total. The van der Waals surface area contributed by atoms with E-state index in [1.807, 2.05) is 0 Å². The van der Waals surface area contributed by atoms with Crippen molar-refractivity contribution in [3.63, 3.8) is 0 Å². The normalized spacial score (nSPS) is 20.2. The summed E-state index contributed by atoms with van der Waals surface area (Å²) >= 11 is 0. The van der Waals surface area contributed by atoms with Gasteiger partial charge in [-0.25, -0.2) is 0 Å². The third-order valence-corrected chi connectivity index (χ3v) is 3.08. The van der Waals surface area contributed by atoms with Gasteiger partial charge in [0.2, 0.25) is 0 Å². The zero-order chi connectivity index (χ0) is 11.5. The van der Waals surface area contributed by atoms with E-state index in [1.165, 1.54) is 11.1 Å². The average molecular weight is 218 g/mol. The third kappa shape index (κ3) is 2.63. The number of benzene rings is 1. The van der Waals surface area contributed by atoms with Gasteiger partial charge in [0.15, 0.2) is 0 Å². The molecule has 16 heavy (non-hydrogen) atoms.